The van der Waals surface area contributed by atoms with Crippen molar-refractivity contribution in [1.82, 2.24) is 0 Å². The third kappa shape index (κ3) is 3.27. The Balaban J connectivity index is 2.14. The maximum atomic E-state index is 12.3. The highest BCUT2D eigenvalue weighted by atomic mass is 16.5. The van der Waals surface area contributed by atoms with Gasteiger partial charge in [0.1, 0.15) is 22.8 Å². The molecule has 1 aliphatic rings. The summed E-state index contributed by atoms with van der Waals surface area (Å²) in [5, 5.41) is 20.1. The summed E-state index contributed by atoms with van der Waals surface area (Å²) < 4.78 is 5.05. The van der Waals surface area contributed by atoms with Crippen LogP contribution >= 0.6 is 0 Å². The summed E-state index contributed by atoms with van der Waals surface area (Å²) in [7, 11) is 1.45. The molecular weight excluding hydrogens is 268 g/mol. The summed E-state index contributed by atoms with van der Waals surface area (Å²) in [6.07, 6.45) is 10.0. The maximum absolute atomic E-state index is 12.3. The topological polar surface area (TPSA) is 66.8 Å². The normalized spacial score (nSPS) is 17.0. The van der Waals surface area contributed by atoms with Gasteiger partial charge in [-0.1, -0.05) is 24.3 Å². The zero-order valence-corrected chi connectivity index (χ0v) is 12.3. The third-order valence-corrected chi connectivity index (χ3v) is 3.80. The number of carbonyl (C=O) groups is 1. The highest BCUT2D eigenvalue weighted by molar-refractivity contribution is 6.01. The molecular formula is C17H20O4. The number of aromatic hydroxyl groups is 2. The highest BCUT2D eigenvalue weighted by Gasteiger charge is 2.21. The molecule has 4 heteroatoms. The molecule has 21 heavy (non-hydrogen) atoms. The molecule has 0 spiro atoms. The Kier molecular flexibility index (Phi) is 4.68. The van der Waals surface area contributed by atoms with E-state index >= 15 is 0 Å². The second kappa shape index (κ2) is 6.48. The Bertz CT molecular complexity index is 599. The lowest BCUT2D eigenvalue weighted by Crippen LogP contribution is -2.06. The summed E-state index contributed by atoms with van der Waals surface area (Å²) in [6.45, 7) is 1.65. The van der Waals surface area contributed by atoms with Gasteiger partial charge in [0.2, 0.25) is 0 Å². The van der Waals surface area contributed by atoms with Crippen LogP contribution in [0.1, 0.15) is 35.2 Å². The van der Waals surface area contributed by atoms with Gasteiger partial charge in [0.15, 0.2) is 5.78 Å². The summed E-state index contributed by atoms with van der Waals surface area (Å²) in [5.74, 6) is 0.0122. The molecule has 1 unspecified atom stereocenters. The van der Waals surface area contributed by atoms with E-state index in [0.717, 1.165) is 6.42 Å². The van der Waals surface area contributed by atoms with Gasteiger partial charge < -0.3 is 14.9 Å². The van der Waals surface area contributed by atoms with E-state index in [0.29, 0.717) is 23.7 Å². The molecule has 0 radical (unpaired) electrons. The van der Waals surface area contributed by atoms with Crippen LogP contribution < -0.4 is 4.74 Å². The fourth-order valence-electron chi connectivity index (χ4n) is 2.50. The van der Waals surface area contributed by atoms with Crippen molar-refractivity contribution in [2.75, 3.05) is 7.11 Å². The Hall–Kier alpha value is -2.23. The number of carbonyl (C=O) groups excluding carboxylic acids is 1. The molecule has 2 N–H and O–H groups in total. The minimum atomic E-state index is -0.251. The van der Waals surface area contributed by atoms with Gasteiger partial charge in [-0.25, -0.2) is 0 Å². The van der Waals surface area contributed by atoms with Crippen LogP contribution in [0.3, 0.4) is 0 Å². The van der Waals surface area contributed by atoms with Gasteiger partial charge in [-0.2, -0.15) is 0 Å². The first-order chi connectivity index (χ1) is 10.0. The average molecular weight is 288 g/mol. The van der Waals surface area contributed by atoms with E-state index < -0.39 is 0 Å². The van der Waals surface area contributed by atoms with E-state index in [9.17, 15) is 15.0 Å². The van der Waals surface area contributed by atoms with Crippen LogP contribution in [-0.2, 0) is 0 Å². The molecule has 0 heterocycles. The monoisotopic (exact) mass is 288 g/mol. The molecule has 1 aromatic carbocycles. The van der Waals surface area contributed by atoms with Crippen LogP contribution in [0.25, 0.3) is 0 Å². The molecule has 1 aromatic rings. The quantitative estimate of drug-likeness (QED) is 0.814. The molecule has 1 aliphatic carbocycles. The van der Waals surface area contributed by atoms with E-state index in [2.05, 4.69) is 12.2 Å². The van der Waals surface area contributed by atoms with Gasteiger partial charge in [-0.3, -0.25) is 4.79 Å². The van der Waals surface area contributed by atoms with Crippen LogP contribution in [0.5, 0.6) is 17.2 Å². The number of hydrogen-bond acceptors (Lipinski definition) is 4. The summed E-state index contributed by atoms with van der Waals surface area (Å²) in [4.78, 5) is 12.3. The minimum Gasteiger partial charge on any atom is -0.507 e. The number of allylic oxidation sites excluding steroid dienone is 4. The minimum absolute atomic E-state index is 0.0105. The second-order valence-electron chi connectivity index (χ2n) is 5.22. The third-order valence-electron chi connectivity index (χ3n) is 3.80. The number of phenols is 2. The van der Waals surface area contributed by atoms with E-state index in [4.69, 9.17) is 4.74 Å². The predicted octanol–water partition coefficient (Wildman–Crippen LogP) is 3.51. The molecule has 0 aliphatic heterocycles. The van der Waals surface area contributed by atoms with Gasteiger partial charge >= 0.3 is 0 Å². The Labute approximate surface area is 124 Å². The Morgan fingerprint density at radius 3 is 2.76 bits per heavy atom. The van der Waals surface area contributed by atoms with Gasteiger partial charge in [-0.05, 0) is 25.7 Å². The lowest BCUT2D eigenvalue weighted by Gasteiger charge is -2.15. The average Bonchev–Trinajstić information content (AvgIpc) is 2.50. The highest BCUT2D eigenvalue weighted by Crippen LogP contribution is 2.38. The first-order valence-electron chi connectivity index (χ1n) is 7.00. The molecule has 0 bridgehead atoms. The number of ether oxygens (including phenoxy) is 1. The number of benzene rings is 1. The molecule has 0 fully saturated rings. The van der Waals surface area contributed by atoms with Crippen LogP contribution in [0, 0.1) is 12.8 Å². The number of methoxy groups -OCH3 is 1. The number of hydrogen-bond donors (Lipinski definition) is 2. The van der Waals surface area contributed by atoms with Crippen LogP contribution in [0.2, 0.25) is 0 Å². The van der Waals surface area contributed by atoms with E-state index in [-0.39, 0.29) is 29.3 Å². The fraction of sp³-hybridized carbons (Fsp3) is 0.353. The smallest absolute Gasteiger partial charge is 0.170 e. The van der Waals surface area contributed by atoms with Crippen molar-refractivity contribution in [2.45, 2.75) is 26.2 Å². The number of rotatable bonds is 5. The summed E-state index contributed by atoms with van der Waals surface area (Å²) in [5.41, 5.74) is 0.447. The van der Waals surface area contributed by atoms with Gasteiger partial charge in [0, 0.05) is 18.1 Å². The van der Waals surface area contributed by atoms with Gasteiger partial charge in [0.05, 0.1) is 7.11 Å². The van der Waals surface area contributed by atoms with Crippen LogP contribution in [-0.4, -0.2) is 23.1 Å². The number of Topliss-reactive ketones (excluding diaryl/α,β-unsaturated/α-hetero) is 1. The largest absolute Gasteiger partial charge is 0.507 e. The van der Waals surface area contributed by atoms with Crippen molar-refractivity contribution < 1.29 is 19.7 Å². The molecule has 112 valence electrons. The van der Waals surface area contributed by atoms with Crippen LogP contribution in [0.15, 0.2) is 30.4 Å². The first-order valence-corrected chi connectivity index (χ1v) is 7.00. The molecule has 2 rings (SSSR count). The van der Waals surface area contributed by atoms with E-state index in [1.54, 1.807) is 6.92 Å². The summed E-state index contributed by atoms with van der Waals surface area (Å²) >= 11 is 0. The molecule has 0 aromatic heterocycles. The van der Waals surface area contributed by atoms with Crippen molar-refractivity contribution in [2.24, 2.45) is 5.92 Å². The Morgan fingerprint density at radius 1 is 1.38 bits per heavy atom. The van der Waals surface area contributed by atoms with E-state index in [1.807, 2.05) is 12.2 Å². The van der Waals surface area contributed by atoms with Gasteiger partial charge in [-0.15, -0.1) is 0 Å². The van der Waals surface area contributed by atoms with Crippen molar-refractivity contribution in [3.8, 4) is 17.2 Å². The zero-order chi connectivity index (χ0) is 15.4. The second-order valence-corrected chi connectivity index (χ2v) is 5.22. The first kappa shape index (κ1) is 15.2. The number of phenolic OH excluding ortho intramolecular Hbond substituents is 2. The number of ketones is 1. The fourth-order valence-corrected chi connectivity index (χ4v) is 2.50. The zero-order valence-electron chi connectivity index (χ0n) is 12.3. The molecule has 1 atom stereocenters. The molecule has 4 nitrogen and oxygen atoms in total. The summed E-state index contributed by atoms with van der Waals surface area (Å²) in [6, 6.07) is 1.37. The van der Waals surface area contributed by atoms with Crippen LogP contribution in [0.4, 0.5) is 0 Å². The molecule has 0 amide bonds. The molecule has 0 saturated carbocycles. The van der Waals surface area contributed by atoms with Crippen molar-refractivity contribution >= 4 is 5.78 Å². The van der Waals surface area contributed by atoms with Crippen molar-refractivity contribution in [1.29, 1.82) is 0 Å². The molecule has 0 saturated heterocycles. The van der Waals surface area contributed by atoms with Crippen molar-refractivity contribution in [3.05, 3.63) is 41.5 Å². The standard InChI is InChI=1S/C17H20O4/c1-11-15(21-2)10-14(19)16(17(11)20)13(18)9-8-12-6-4-3-5-7-12/h3-6,10,12,19-20H,7-9H2,1-2H3. The lowest BCUT2D eigenvalue weighted by atomic mass is 9.92. The van der Waals surface area contributed by atoms with E-state index in [1.165, 1.54) is 13.2 Å². The lowest BCUT2D eigenvalue weighted by molar-refractivity contribution is 0.0970. The maximum Gasteiger partial charge on any atom is 0.170 e. The SMILES string of the molecule is COc1cc(O)c(C(=O)CCC2C=CC=CC2)c(O)c1C. The van der Waals surface area contributed by atoms with Gasteiger partial charge in [0.25, 0.3) is 0 Å². The Morgan fingerprint density at radius 2 is 2.14 bits per heavy atom. The van der Waals surface area contributed by atoms with Crippen molar-refractivity contribution in [3.63, 3.8) is 0 Å². The predicted molar refractivity (Wildman–Crippen MR) is 81.0 cm³/mol.